The Morgan fingerprint density at radius 1 is 1.08 bits per heavy atom. The second-order valence-electron chi connectivity index (χ2n) is 7.83. The Hall–Kier alpha value is -2.23. The summed E-state index contributed by atoms with van der Waals surface area (Å²) in [5.41, 5.74) is 4.22. The molecular formula is C20H25N3O. The van der Waals surface area contributed by atoms with E-state index in [1.54, 1.807) is 6.20 Å². The number of hydrogen-bond acceptors (Lipinski definition) is 4. The molecule has 0 aliphatic heterocycles. The number of fused-ring (bicyclic) bond motifs is 1. The molecule has 0 radical (unpaired) electrons. The third kappa shape index (κ3) is 3.18. The molecule has 0 unspecified atom stereocenters. The van der Waals surface area contributed by atoms with Crippen LogP contribution >= 0.6 is 0 Å². The number of nitrogens with zero attached hydrogens (tertiary/aromatic N) is 3. The van der Waals surface area contributed by atoms with E-state index in [2.05, 4.69) is 55.0 Å². The molecule has 4 heteroatoms. The molecule has 24 heavy (non-hydrogen) atoms. The van der Waals surface area contributed by atoms with E-state index in [0.29, 0.717) is 17.9 Å². The van der Waals surface area contributed by atoms with Crippen LogP contribution in [0.4, 0.5) is 5.95 Å². The van der Waals surface area contributed by atoms with Crippen molar-refractivity contribution in [2.45, 2.75) is 44.9 Å². The van der Waals surface area contributed by atoms with Crippen molar-refractivity contribution >= 4 is 11.7 Å². The predicted octanol–water partition coefficient (Wildman–Crippen LogP) is 3.75. The molecule has 1 heterocycles. The van der Waals surface area contributed by atoms with Crippen LogP contribution in [-0.4, -0.2) is 29.8 Å². The fourth-order valence-electron chi connectivity index (χ4n) is 3.14. The predicted molar refractivity (Wildman–Crippen MR) is 96.9 cm³/mol. The number of carbonyl (C=O) groups is 1. The maximum atomic E-state index is 12.5. The van der Waals surface area contributed by atoms with Gasteiger partial charge in [-0.2, -0.15) is 0 Å². The number of aromatic nitrogens is 2. The maximum Gasteiger partial charge on any atom is 0.225 e. The molecule has 0 saturated heterocycles. The van der Waals surface area contributed by atoms with Crippen molar-refractivity contribution in [3.8, 4) is 0 Å². The largest absolute Gasteiger partial charge is 0.347 e. The van der Waals surface area contributed by atoms with Crippen molar-refractivity contribution in [1.29, 1.82) is 0 Å². The lowest BCUT2D eigenvalue weighted by Crippen LogP contribution is -2.23. The van der Waals surface area contributed by atoms with Gasteiger partial charge in [-0.05, 0) is 28.9 Å². The van der Waals surface area contributed by atoms with Crippen LogP contribution in [-0.2, 0) is 11.8 Å². The van der Waals surface area contributed by atoms with E-state index >= 15 is 0 Å². The van der Waals surface area contributed by atoms with Gasteiger partial charge in [0, 0.05) is 26.7 Å². The van der Waals surface area contributed by atoms with Gasteiger partial charge in [-0.3, -0.25) is 4.79 Å². The van der Waals surface area contributed by atoms with Crippen LogP contribution in [0.25, 0.3) is 0 Å². The average Bonchev–Trinajstić information content (AvgIpc) is 2.53. The zero-order chi connectivity index (χ0) is 17.5. The molecule has 4 nitrogen and oxygen atoms in total. The first-order chi connectivity index (χ1) is 11.3. The number of carbonyl (C=O) groups excluding carboxylic acids is 1. The number of benzene rings is 1. The fraction of sp³-hybridized carbons (Fsp3) is 0.450. The third-order valence-corrected chi connectivity index (χ3v) is 4.68. The standard InChI is InChI=1S/C20H25N3O/c1-20(2,3)15-8-6-13(7-9-15)14-10-17-16(18(24)11-14)12-21-19(22-17)23(4)5/h6-9,12,14H,10-11H2,1-5H3/t14-/m0/s1. The summed E-state index contributed by atoms with van der Waals surface area (Å²) in [7, 11) is 3.82. The second-order valence-corrected chi connectivity index (χ2v) is 7.83. The SMILES string of the molecule is CN(C)c1ncc2c(n1)C[C@H](c1ccc(C(C)(C)C)cc1)CC2=O. The minimum Gasteiger partial charge on any atom is -0.347 e. The molecule has 0 amide bonds. The first-order valence-corrected chi connectivity index (χ1v) is 8.42. The molecule has 1 aromatic carbocycles. The minimum absolute atomic E-state index is 0.140. The highest BCUT2D eigenvalue weighted by molar-refractivity contribution is 5.98. The molecule has 1 aliphatic rings. The van der Waals surface area contributed by atoms with Crippen LogP contribution < -0.4 is 4.90 Å². The van der Waals surface area contributed by atoms with Gasteiger partial charge in [-0.25, -0.2) is 9.97 Å². The van der Waals surface area contributed by atoms with Crippen LogP contribution in [0.5, 0.6) is 0 Å². The zero-order valence-electron chi connectivity index (χ0n) is 15.1. The van der Waals surface area contributed by atoms with Gasteiger partial charge in [0.2, 0.25) is 5.95 Å². The Morgan fingerprint density at radius 3 is 2.33 bits per heavy atom. The topological polar surface area (TPSA) is 46.1 Å². The molecule has 1 atom stereocenters. The molecular weight excluding hydrogens is 298 g/mol. The fourth-order valence-corrected chi connectivity index (χ4v) is 3.14. The first kappa shape index (κ1) is 16.6. The van der Waals surface area contributed by atoms with Gasteiger partial charge in [0.15, 0.2) is 5.78 Å². The summed E-state index contributed by atoms with van der Waals surface area (Å²) in [5.74, 6) is 1.00. The number of rotatable bonds is 2. The summed E-state index contributed by atoms with van der Waals surface area (Å²) in [6, 6.07) is 8.69. The van der Waals surface area contributed by atoms with E-state index in [-0.39, 0.29) is 17.1 Å². The van der Waals surface area contributed by atoms with Crippen molar-refractivity contribution < 1.29 is 4.79 Å². The van der Waals surface area contributed by atoms with Crippen molar-refractivity contribution in [2.24, 2.45) is 0 Å². The number of anilines is 1. The van der Waals surface area contributed by atoms with Crippen LogP contribution in [0, 0.1) is 0 Å². The van der Waals surface area contributed by atoms with E-state index in [1.807, 2.05) is 19.0 Å². The molecule has 0 N–H and O–H groups in total. The van der Waals surface area contributed by atoms with Gasteiger partial charge < -0.3 is 4.90 Å². The van der Waals surface area contributed by atoms with Crippen LogP contribution in [0.2, 0.25) is 0 Å². The van der Waals surface area contributed by atoms with Gasteiger partial charge in [-0.15, -0.1) is 0 Å². The Bertz CT molecular complexity index is 757. The molecule has 3 rings (SSSR count). The normalized spacial score (nSPS) is 17.5. The Labute approximate surface area is 143 Å². The van der Waals surface area contributed by atoms with Crippen molar-refractivity contribution in [3.63, 3.8) is 0 Å². The molecule has 1 aliphatic carbocycles. The van der Waals surface area contributed by atoms with E-state index < -0.39 is 0 Å². The third-order valence-electron chi connectivity index (χ3n) is 4.68. The van der Waals surface area contributed by atoms with Gasteiger partial charge >= 0.3 is 0 Å². The number of hydrogen-bond donors (Lipinski definition) is 0. The van der Waals surface area contributed by atoms with Gasteiger partial charge in [0.1, 0.15) is 0 Å². The molecule has 1 aromatic heterocycles. The van der Waals surface area contributed by atoms with Crippen LogP contribution in [0.1, 0.15) is 60.3 Å². The van der Waals surface area contributed by atoms with Crippen molar-refractivity contribution in [3.05, 3.63) is 52.8 Å². The van der Waals surface area contributed by atoms with E-state index in [1.165, 1.54) is 11.1 Å². The number of Topliss-reactive ketones (excluding diaryl/α,β-unsaturated/α-hetero) is 1. The number of ketones is 1. The second kappa shape index (κ2) is 6.00. The average molecular weight is 323 g/mol. The molecule has 0 fully saturated rings. The first-order valence-electron chi connectivity index (χ1n) is 8.42. The molecule has 0 saturated carbocycles. The molecule has 2 aromatic rings. The summed E-state index contributed by atoms with van der Waals surface area (Å²) < 4.78 is 0. The summed E-state index contributed by atoms with van der Waals surface area (Å²) in [6.45, 7) is 6.63. The molecule has 126 valence electrons. The van der Waals surface area contributed by atoms with Gasteiger partial charge in [0.05, 0.1) is 11.3 Å². The van der Waals surface area contributed by atoms with Gasteiger partial charge in [-0.1, -0.05) is 45.0 Å². The highest BCUT2D eigenvalue weighted by Crippen LogP contribution is 2.33. The lowest BCUT2D eigenvalue weighted by molar-refractivity contribution is 0.0962. The highest BCUT2D eigenvalue weighted by Gasteiger charge is 2.28. The monoisotopic (exact) mass is 323 g/mol. The maximum absolute atomic E-state index is 12.5. The minimum atomic E-state index is 0.140. The lowest BCUT2D eigenvalue weighted by atomic mass is 9.80. The van der Waals surface area contributed by atoms with Crippen molar-refractivity contribution in [1.82, 2.24) is 9.97 Å². The Morgan fingerprint density at radius 2 is 1.75 bits per heavy atom. The van der Waals surface area contributed by atoms with Crippen molar-refractivity contribution in [2.75, 3.05) is 19.0 Å². The quantitative estimate of drug-likeness (QED) is 0.844. The summed E-state index contributed by atoms with van der Waals surface area (Å²) in [4.78, 5) is 23.2. The summed E-state index contributed by atoms with van der Waals surface area (Å²) in [5, 5.41) is 0. The van der Waals surface area contributed by atoms with Gasteiger partial charge in [0.25, 0.3) is 0 Å². The molecule has 0 bridgehead atoms. The van der Waals surface area contributed by atoms with Crippen LogP contribution in [0.15, 0.2) is 30.5 Å². The molecule has 0 spiro atoms. The smallest absolute Gasteiger partial charge is 0.225 e. The zero-order valence-corrected chi connectivity index (χ0v) is 15.1. The Kier molecular flexibility index (Phi) is 4.16. The van der Waals surface area contributed by atoms with E-state index in [4.69, 9.17) is 0 Å². The van der Waals surface area contributed by atoms with E-state index in [0.717, 1.165) is 12.1 Å². The highest BCUT2D eigenvalue weighted by atomic mass is 16.1. The van der Waals surface area contributed by atoms with Crippen LogP contribution in [0.3, 0.4) is 0 Å². The summed E-state index contributed by atoms with van der Waals surface area (Å²) >= 11 is 0. The Balaban J connectivity index is 1.89. The lowest BCUT2D eigenvalue weighted by Gasteiger charge is -2.25. The summed E-state index contributed by atoms with van der Waals surface area (Å²) in [6.07, 6.45) is 3.00. The van der Waals surface area contributed by atoms with E-state index in [9.17, 15) is 4.79 Å².